The Hall–Kier alpha value is -1.18. The molecule has 1 aliphatic heterocycles. The molecule has 0 radical (unpaired) electrons. The van der Waals surface area contributed by atoms with E-state index in [9.17, 15) is 0 Å². The molecule has 3 heterocycles. The highest BCUT2D eigenvalue weighted by Crippen LogP contribution is 2.26. The van der Waals surface area contributed by atoms with Crippen LogP contribution in [-0.4, -0.2) is 34.2 Å². The number of hydrogen-bond acceptors (Lipinski definition) is 6. The standard InChI is InChI=1S/C14H19BrN4O2/c1-9-2-3-10(6-16)7-19(9)8-13-17-18-14(21-13)11-4-5-12(15)20-11/h4-5,9-10H,2-3,6-8,16H2,1H3. The van der Waals surface area contributed by atoms with E-state index >= 15 is 0 Å². The van der Waals surface area contributed by atoms with Gasteiger partial charge in [-0.2, -0.15) is 0 Å². The Morgan fingerprint density at radius 1 is 1.33 bits per heavy atom. The summed E-state index contributed by atoms with van der Waals surface area (Å²) >= 11 is 3.26. The monoisotopic (exact) mass is 354 g/mol. The van der Waals surface area contributed by atoms with E-state index in [4.69, 9.17) is 14.6 Å². The van der Waals surface area contributed by atoms with Gasteiger partial charge in [-0.15, -0.1) is 10.2 Å². The molecule has 21 heavy (non-hydrogen) atoms. The SMILES string of the molecule is CC1CCC(CN)CN1Cc1nnc(-c2ccc(Br)o2)o1. The summed E-state index contributed by atoms with van der Waals surface area (Å²) in [6.45, 7) is 4.61. The fourth-order valence-corrected chi connectivity index (χ4v) is 3.00. The predicted octanol–water partition coefficient (Wildman–Crippen LogP) is 2.65. The lowest BCUT2D eigenvalue weighted by Crippen LogP contribution is -2.43. The summed E-state index contributed by atoms with van der Waals surface area (Å²) in [6.07, 6.45) is 2.36. The highest BCUT2D eigenvalue weighted by Gasteiger charge is 2.26. The van der Waals surface area contributed by atoms with Crippen molar-refractivity contribution in [2.45, 2.75) is 32.4 Å². The Morgan fingerprint density at radius 3 is 2.90 bits per heavy atom. The van der Waals surface area contributed by atoms with Crippen LogP contribution in [0.25, 0.3) is 11.7 Å². The first-order valence-corrected chi connectivity index (χ1v) is 7.97. The molecule has 0 aromatic carbocycles. The third-order valence-electron chi connectivity index (χ3n) is 4.03. The molecule has 1 saturated heterocycles. The molecule has 2 atom stereocenters. The van der Waals surface area contributed by atoms with Crippen molar-refractivity contribution >= 4 is 15.9 Å². The molecule has 1 aliphatic rings. The van der Waals surface area contributed by atoms with E-state index in [2.05, 4.69) is 38.0 Å². The van der Waals surface area contributed by atoms with Crippen LogP contribution in [0, 0.1) is 5.92 Å². The maximum Gasteiger partial charge on any atom is 0.283 e. The number of piperidine rings is 1. The van der Waals surface area contributed by atoms with Crippen LogP contribution in [-0.2, 0) is 6.54 Å². The van der Waals surface area contributed by atoms with E-state index in [0.717, 1.165) is 19.5 Å². The molecule has 0 saturated carbocycles. The van der Waals surface area contributed by atoms with Crippen molar-refractivity contribution in [3.05, 3.63) is 22.7 Å². The molecule has 3 rings (SSSR count). The third kappa shape index (κ3) is 3.36. The Balaban J connectivity index is 1.69. The zero-order chi connectivity index (χ0) is 14.8. The minimum Gasteiger partial charge on any atom is -0.444 e. The van der Waals surface area contributed by atoms with Crippen LogP contribution >= 0.6 is 15.9 Å². The molecule has 0 bridgehead atoms. The normalized spacial score (nSPS) is 23.6. The predicted molar refractivity (Wildman–Crippen MR) is 81.4 cm³/mol. The molecular weight excluding hydrogens is 336 g/mol. The van der Waals surface area contributed by atoms with E-state index < -0.39 is 0 Å². The van der Waals surface area contributed by atoms with Crippen LogP contribution in [0.2, 0.25) is 0 Å². The number of likely N-dealkylation sites (tertiary alicyclic amines) is 1. The molecule has 7 heteroatoms. The van der Waals surface area contributed by atoms with Gasteiger partial charge in [-0.1, -0.05) is 0 Å². The van der Waals surface area contributed by atoms with Crippen molar-refractivity contribution in [1.82, 2.24) is 15.1 Å². The molecule has 0 aliphatic carbocycles. The second kappa shape index (κ2) is 6.29. The van der Waals surface area contributed by atoms with Gasteiger partial charge in [-0.3, -0.25) is 4.90 Å². The summed E-state index contributed by atoms with van der Waals surface area (Å²) in [4.78, 5) is 2.36. The van der Waals surface area contributed by atoms with Crippen molar-refractivity contribution in [2.75, 3.05) is 13.1 Å². The minimum atomic E-state index is 0.413. The second-order valence-corrected chi connectivity index (χ2v) is 6.34. The van der Waals surface area contributed by atoms with Gasteiger partial charge in [-0.25, -0.2) is 0 Å². The molecular formula is C14H19BrN4O2. The second-order valence-electron chi connectivity index (χ2n) is 5.56. The molecule has 1 fully saturated rings. The van der Waals surface area contributed by atoms with Gasteiger partial charge in [0.05, 0.1) is 6.54 Å². The van der Waals surface area contributed by atoms with Crippen LogP contribution in [0.4, 0.5) is 0 Å². The third-order valence-corrected chi connectivity index (χ3v) is 4.46. The zero-order valence-corrected chi connectivity index (χ0v) is 13.5. The number of nitrogens with two attached hydrogens (primary N) is 1. The highest BCUT2D eigenvalue weighted by atomic mass is 79.9. The van der Waals surface area contributed by atoms with Gasteiger partial charge in [0.25, 0.3) is 5.89 Å². The van der Waals surface area contributed by atoms with E-state index in [-0.39, 0.29) is 0 Å². The maximum absolute atomic E-state index is 5.79. The lowest BCUT2D eigenvalue weighted by Gasteiger charge is -2.36. The fourth-order valence-electron chi connectivity index (χ4n) is 2.70. The molecule has 2 aromatic rings. The van der Waals surface area contributed by atoms with E-state index in [1.807, 2.05) is 0 Å². The summed E-state index contributed by atoms with van der Waals surface area (Å²) in [5, 5.41) is 8.16. The van der Waals surface area contributed by atoms with Crippen molar-refractivity contribution < 1.29 is 8.83 Å². The van der Waals surface area contributed by atoms with Crippen LogP contribution in [0.15, 0.2) is 25.6 Å². The van der Waals surface area contributed by atoms with Crippen molar-refractivity contribution in [3.63, 3.8) is 0 Å². The number of halogens is 1. The largest absolute Gasteiger partial charge is 0.444 e. The Morgan fingerprint density at radius 2 is 2.19 bits per heavy atom. The summed E-state index contributed by atoms with van der Waals surface area (Å²) in [7, 11) is 0. The fraction of sp³-hybridized carbons (Fsp3) is 0.571. The molecule has 0 spiro atoms. The van der Waals surface area contributed by atoms with Gasteiger partial charge in [0, 0.05) is 12.6 Å². The Bertz CT molecular complexity index is 597. The summed E-state index contributed by atoms with van der Waals surface area (Å²) in [5.41, 5.74) is 5.79. The van der Waals surface area contributed by atoms with Crippen molar-refractivity contribution in [1.29, 1.82) is 0 Å². The minimum absolute atomic E-state index is 0.413. The zero-order valence-electron chi connectivity index (χ0n) is 12.0. The summed E-state index contributed by atoms with van der Waals surface area (Å²) < 4.78 is 11.8. The van der Waals surface area contributed by atoms with Gasteiger partial charge in [0.15, 0.2) is 10.4 Å². The maximum atomic E-state index is 5.79. The first kappa shape index (κ1) is 14.7. The van der Waals surface area contributed by atoms with Crippen LogP contribution in [0.1, 0.15) is 25.7 Å². The highest BCUT2D eigenvalue weighted by molar-refractivity contribution is 9.10. The van der Waals surface area contributed by atoms with Gasteiger partial charge in [0.2, 0.25) is 5.89 Å². The summed E-state index contributed by atoms with van der Waals surface area (Å²) in [5.74, 6) is 2.16. The molecule has 2 N–H and O–H groups in total. The lowest BCUT2D eigenvalue weighted by molar-refractivity contribution is 0.103. The number of nitrogens with zero attached hydrogens (tertiary/aromatic N) is 3. The van der Waals surface area contributed by atoms with Crippen molar-refractivity contribution in [3.8, 4) is 11.7 Å². The van der Waals surface area contributed by atoms with E-state index in [1.165, 1.54) is 6.42 Å². The van der Waals surface area contributed by atoms with Gasteiger partial charge in [-0.05, 0) is 60.3 Å². The number of furan rings is 1. The Labute approximate surface area is 131 Å². The van der Waals surface area contributed by atoms with Crippen molar-refractivity contribution in [2.24, 2.45) is 11.7 Å². The molecule has 6 nitrogen and oxygen atoms in total. The van der Waals surface area contributed by atoms with Gasteiger partial charge >= 0.3 is 0 Å². The lowest BCUT2D eigenvalue weighted by atomic mass is 9.93. The average molecular weight is 355 g/mol. The van der Waals surface area contributed by atoms with E-state index in [1.54, 1.807) is 12.1 Å². The molecule has 2 aromatic heterocycles. The van der Waals surface area contributed by atoms with Crippen LogP contribution in [0.5, 0.6) is 0 Å². The average Bonchev–Trinajstić information content (AvgIpc) is 3.10. The number of aromatic nitrogens is 2. The Kier molecular flexibility index (Phi) is 4.42. The first-order valence-electron chi connectivity index (χ1n) is 7.18. The molecule has 2 unspecified atom stereocenters. The quantitative estimate of drug-likeness (QED) is 0.908. The van der Waals surface area contributed by atoms with E-state index in [0.29, 0.717) is 40.7 Å². The number of rotatable bonds is 4. The number of hydrogen-bond donors (Lipinski definition) is 1. The van der Waals surface area contributed by atoms with Crippen LogP contribution < -0.4 is 5.73 Å². The van der Waals surface area contributed by atoms with Gasteiger partial charge < -0.3 is 14.6 Å². The van der Waals surface area contributed by atoms with Crippen LogP contribution in [0.3, 0.4) is 0 Å². The smallest absolute Gasteiger partial charge is 0.283 e. The first-order chi connectivity index (χ1) is 10.2. The van der Waals surface area contributed by atoms with Gasteiger partial charge in [0.1, 0.15) is 0 Å². The topological polar surface area (TPSA) is 81.3 Å². The molecule has 0 amide bonds. The molecule has 114 valence electrons. The summed E-state index contributed by atoms with van der Waals surface area (Å²) in [6, 6.07) is 4.12.